The molecule has 5 heteroatoms. The molecule has 0 fully saturated rings. The molecular formula is C11H12ClNO3. The lowest BCUT2D eigenvalue weighted by Gasteiger charge is -2.19. The van der Waals surface area contributed by atoms with Gasteiger partial charge in [0.25, 0.3) is 0 Å². The van der Waals surface area contributed by atoms with E-state index in [2.05, 4.69) is 0 Å². The van der Waals surface area contributed by atoms with Gasteiger partial charge >= 0.3 is 0 Å². The summed E-state index contributed by atoms with van der Waals surface area (Å²) >= 11 is 5.99. The second-order valence-electron chi connectivity index (χ2n) is 3.44. The number of ether oxygens (including phenoxy) is 2. The van der Waals surface area contributed by atoms with Crippen LogP contribution in [0.25, 0.3) is 0 Å². The van der Waals surface area contributed by atoms with E-state index in [1.165, 1.54) is 0 Å². The van der Waals surface area contributed by atoms with Crippen molar-refractivity contribution in [1.82, 2.24) is 0 Å². The van der Waals surface area contributed by atoms with E-state index in [1.54, 1.807) is 12.1 Å². The van der Waals surface area contributed by atoms with Crippen LogP contribution in [0.15, 0.2) is 12.1 Å². The highest BCUT2D eigenvalue weighted by atomic mass is 35.5. The van der Waals surface area contributed by atoms with E-state index in [4.69, 9.17) is 26.8 Å². The molecule has 86 valence electrons. The van der Waals surface area contributed by atoms with Gasteiger partial charge in [-0.25, -0.2) is 0 Å². The lowest BCUT2D eigenvalue weighted by Crippen LogP contribution is -2.16. The maximum atomic E-state index is 11.7. The Morgan fingerprint density at radius 3 is 2.56 bits per heavy atom. The average Bonchev–Trinajstić information content (AvgIpc) is 2.28. The normalized spacial score (nSPS) is 13.6. The number of carbonyl (C=O) groups excluding carboxylic acids is 1. The zero-order chi connectivity index (χ0) is 11.5. The number of Topliss-reactive ketones (excluding diaryl/α,β-unsaturated/α-hetero) is 1. The van der Waals surface area contributed by atoms with Crippen molar-refractivity contribution < 1.29 is 14.3 Å². The summed E-state index contributed by atoms with van der Waals surface area (Å²) in [5.74, 6) is 1.07. The number of benzene rings is 1. The SMILES string of the molecule is NCCC(=O)c1cc2c(cc1Cl)OCCO2. The summed E-state index contributed by atoms with van der Waals surface area (Å²) in [6.07, 6.45) is 0.277. The third-order valence-corrected chi connectivity index (χ3v) is 2.62. The third kappa shape index (κ3) is 2.13. The number of ketones is 1. The van der Waals surface area contributed by atoms with Crippen molar-refractivity contribution in [3.05, 3.63) is 22.7 Å². The van der Waals surface area contributed by atoms with Gasteiger partial charge < -0.3 is 15.2 Å². The van der Waals surface area contributed by atoms with Gasteiger partial charge in [-0.1, -0.05) is 11.6 Å². The molecule has 2 N–H and O–H groups in total. The molecule has 16 heavy (non-hydrogen) atoms. The minimum Gasteiger partial charge on any atom is -0.486 e. The first-order valence-electron chi connectivity index (χ1n) is 5.05. The fraction of sp³-hybridized carbons (Fsp3) is 0.364. The van der Waals surface area contributed by atoms with E-state index < -0.39 is 0 Å². The van der Waals surface area contributed by atoms with Crippen LogP contribution in [0.2, 0.25) is 5.02 Å². The van der Waals surface area contributed by atoms with Gasteiger partial charge in [0.1, 0.15) is 13.2 Å². The summed E-state index contributed by atoms with van der Waals surface area (Å²) < 4.78 is 10.7. The van der Waals surface area contributed by atoms with Crippen molar-refractivity contribution >= 4 is 17.4 Å². The predicted octanol–water partition coefficient (Wildman–Crippen LogP) is 1.64. The van der Waals surface area contributed by atoms with Gasteiger partial charge in [0, 0.05) is 18.1 Å². The minimum atomic E-state index is -0.0792. The quantitative estimate of drug-likeness (QED) is 0.818. The zero-order valence-electron chi connectivity index (χ0n) is 8.66. The van der Waals surface area contributed by atoms with Crippen LogP contribution in [0.1, 0.15) is 16.8 Å². The third-order valence-electron chi connectivity index (χ3n) is 2.30. The number of fused-ring (bicyclic) bond motifs is 1. The molecule has 0 atom stereocenters. The summed E-state index contributed by atoms with van der Waals surface area (Å²) in [6.45, 7) is 1.29. The van der Waals surface area contributed by atoms with Crippen LogP contribution >= 0.6 is 11.6 Å². The highest BCUT2D eigenvalue weighted by Gasteiger charge is 2.18. The van der Waals surface area contributed by atoms with E-state index in [9.17, 15) is 4.79 Å². The molecule has 0 amide bonds. The molecule has 0 spiro atoms. The molecule has 0 saturated carbocycles. The summed E-state index contributed by atoms with van der Waals surface area (Å²) in [7, 11) is 0. The van der Waals surface area contributed by atoms with Crippen LogP contribution in [0, 0.1) is 0 Å². The van der Waals surface area contributed by atoms with Gasteiger partial charge in [0.05, 0.1) is 5.02 Å². The largest absolute Gasteiger partial charge is 0.486 e. The van der Waals surface area contributed by atoms with Crippen molar-refractivity contribution in [3.8, 4) is 11.5 Å². The van der Waals surface area contributed by atoms with Crippen LogP contribution in [-0.2, 0) is 0 Å². The fourth-order valence-corrected chi connectivity index (χ4v) is 1.80. The molecule has 0 aromatic heterocycles. The molecule has 4 nitrogen and oxygen atoms in total. The second kappa shape index (κ2) is 4.72. The first-order chi connectivity index (χ1) is 7.72. The molecule has 2 rings (SSSR count). The Bertz CT molecular complexity index is 420. The number of hydrogen-bond acceptors (Lipinski definition) is 4. The number of nitrogens with two attached hydrogens (primary N) is 1. The van der Waals surface area contributed by atoms with Gasteiger partial charge in [0.2, 0.25) is 0 Å². The Hall–Kier alpha value is -1.26. The Morgan fingerprint density at radius 1 is 1.31 bits per heavy atom. The standard InChI is InChI=1S/C11H12ClNO3/c12-8-6-11-10(15-3-4-16-11)5-7(8)9(14)1-2-13/h5-6H,1-4,13H2. The van der Waals surface area contributed by atoms with Crippen molar-refractivity contribution in [3.63, 3.8) is 0 Å². The molecule has 1 aliphatic heterocycles. The first-order valence-corrected chi connectivity index (χ1v) is 5.42. The Balaban J connectivity index is 2.35. The number of carbonyl (C=O) groups is 1. The molecule has 1 aliphatic rings. The van der Waals surface area contributed by atoms with Gasteiger partial charge in [-0.05, 0) is 12.6 Å². The highest BCUT2D eigenvalue weighted by Crippen LogP contribution is 2.35. The lowest BCUT2D eigenvalue weighted by atomic mass is 10.1. The van der Waals surface area contributed by atoms with Gasteiger partial charge in [0.15, 0.2) is 17.3 Å². The first kappa shape index (κ1) is 11.2. The van der Waals surface area contributed by atoms with Crippen LogP contribution in [0.4, 0.5) is 0 Å². The molecule has 1 aromatic rings. The maximum absolute atomic E-state index is 11.7. The smallest absolute Gasteiger partial charge is 0.165 e. The lowest BCUT2D eigenvalue weighted by molar-refractivity contribution is 0.0984. The topological polar surface area (TPSA) is 61.6 Å². The number of hydrogen-bond donors (Lipinski definition) is 1. The molecular weight excluding hydrogens is 230 g/mol. The molecule has 0 bridgehead atoms. The van der Waals surface area contributed by atoms with Crippen molar-refractivity contribution in [2.75, 3.05) is 19.8 Å². The fourth-order valence-electron chi connectivity index (χ4n) is 1.54. The van der Waals surface area contributed by atoms with Crippen molar-refractivity contribution in [2.24, 2.45) is 5.73 Å². The Labute approximate surface area is 98.3 Å². The monoisotopic (exact) mass is 241 g/mol. The van der Waals surface area contributed by atoms with E-state index in [0.717, 1.165) is 0 Å². The molecule has 0 saturated heterocycles. The van der Waals surface area contributed by atoms with Gasteiger partial charge in [-0.15, -0.1) is 0 Å². The summed E-state index contributed by atoms with van der Waals surface area (Å²) in [4.78, 5) is 11.7. The second-order valence-corrected chi connectivity index (χ2v) is 3.84. The molecule has 0 radical (unpaired) electrons. The molecule has 1 heterocycles. The van der Waals surface area contributed by atoms with Crippen molar-refractivity contribution in [2.45, 2.75) is 6.42 Å². The number of rotatable bonds is 3. The zero-order valence-corrected chi connectivity index (χ0v) is 9.42. The van der Waals surface area contributed by atoms with E-state index in [0.29, 0.717) is 41.8 Å². The molecule has 1 aromatic carbocycles. The maximum Gasteiger partial charge on any atom is 0.165 e. The van der Waals surface area contributed by atoms with Crippen LogP contribution < -0.4 is 15.2 Å². The van der Waals surface area contributed by atoms with Crippen LogP contribution in [-0.4, -0.2) is 25.5 Å². The predicted molar refractivity (Wildman–Crippen MR) is 60.4 cm³/mol. The molecule has 0 aliphatic carbocycles. The van der Waals surface area contributed by atoms with Gasteiger partial charge in [-0.3, -0.25) is 4.79 Å². The Morgan fingerprint density at radius 2 is 1.94 bits per heavy atom. The summed E-state index contributed by atoms with van der Waals surface area (Å²) in [6, 6.07) is 3.23. The van der Waals surface area contributed by atoms with Crippen LogP contribution in [0.3, 0.4) is 0 Å². The average molecular weight is 242 g/mol. The highest BCUT2D eigenvalue weighted by molar-refractivity contribution is 6.34. The number of halogens is 1. The van der Waals surface area contributed by atoms with E-state index in [-0.39, 0.29) is 12.2 Å². The van der Waals surface area contributed by atoms with E-state index >= 15 is 0 Å². The van der Waals surface area contributed by atoms with E-state index in [1.807, 2.05) is 0 Å². The van der Waals surface area contributed by atoms with Crippen LogP contribution in [0.5, 0.6) is 11.5 Å². The summed E-state index contributed by atoms with van der Waals surface area (Å²) in [5, 5.41) is 0.378. The summed E-state index contributed by atoms with van der Waals surface area (Å²) in [5.41, 5.74) is 5.78. The van der Waals surface area contributed by atoms with Crippen molar-refractivity contribution in [1.29, 1.82) is 0 Å². The van der Waals surface area contributed by atoms with Gasteiger partial charge in [-0.2, -0.15) is 0 Å². The minimum absolute atomic E-state index is 0.0792. The Kier molecular flexibility index (Phi) is 3.31. The molecule has 0 unspecified atom stereocenters.